The molecule has 3 atom stereocenters. The average Bonchev–Trinajstić information content (AvgIpc) is 2.81. The van der Waals surface area contributed by atoms with Crippen molar-refractivity contribution in [2.45, 2.75) is 71.2 Å². The highest BCUT2D eigenvalue weighted by Crippen LogP contribution is 2.46. The Morgan fingerprint density at radius 1 is 1.20 bits per heavy atom. The molecule has 1 saturated heterocycles. The normalized spacial score (nSPS) is 20.9. The fourth-order valence-electron chi connectivity index (χ4n) is 4.65. The van der Waals surface area contributed by atoms with Crippen molar-refractivity contribution >= 4 is 39.6 Å². The Labute approximate surface area is 240 Å². The monoisotopic (exact) mass is 604 g/mol. The Hall–Kier alpha value is -2.45. The van der Waals surface area contributed by atoms with Gasteiger partial charge in [-0.05, 0) is 43.9 Å². The summed E-state index contributed by atoms with van der Waals surface area (Å²) in [4.78, 5) is 40.0. The molecule has 14 heteroatoms. The number of halogens is 1. The van der Waals surface area contributed by atoms with Crippen LogP contribution in [0.3, 0.4) is 0 Å². The van der Waals surface area contributed by atoms with Gasteiger partial charge in [-0.2, -0.15) is 8.42 Å². The zero-order valence-electron chi connectivity index (χ0n) is 23.7. The molecule has 1 fully saturated rings. The molecule has 2 rings (SSSR count). The first-order valence-corrected chi connectivity index (χ1v) is 14.9. The van der Waals surface area contributed by atoms with E-state index >= 15 is 0 Å². The second-order valence-corrected chi connectivity index (χ2v) is 13.8. The Bertz CT molecular complexity index is 1190. The molecule has 0 aromatic heterocycles. The predicted octanol–water partition coefficient (Wildman–Crippen LogP) is 1.65. The van der Waals surface area contributed by atoms with Gasteiger partial charge in [-0.3, -0.25) is 14.1 Å². The lowest BCUT2D eigenvalue weighted by Crippen LogP contribution is -2.61. The molecule has 1 aliphatic rings. The van der Waals surface area contributed by atoms with E-state index in [2.05, 4.69) is 10.6 Å². The number of amides is 3. The number of ether oxygens (including phenoxy) is 1. The molecule has 40 heavy (non-hydrogen) atoms. The standard InChI is InChI=1S/C26H41ClN4O8S/c1-16(2)20(30-23(34)29-14-25(5,6)39-22(33)19(28)13-40(36,37)38)21(32)31-12-11-26(35,24(3,4)15-31)17-7-9-18(27)10-8-17/h7-10,16,19-20,35H,11-15,28H2,1-6H3,(H2,29,30,34)(H,36,37,38)/t19?,20-,26+/m1/s1. The SMILES string of the molecule is CC(C)[C@@H](NC(=O)NCC(C)(C)OC(=O)C(N)CS(=O)(=O)O)C(=O)N1CC[C@](O)(c2ccc(Cl)cc2)C(C)(C)C1. The summed E-state index contributed by atoms with van der Waals surface area (Å²) < 4.78 is 36.0. The Balaban J connectivity index is 2.02. The van der Waals surface area contributed by atoms with Crippen LogP contribution in [0.5, 0.6) is 0 Å². The van der Waals surface area contributed by atoms with Gasteiger partial charge in [0.15, 0.2) is 0 Å². The second-order valence-electron chi connectivity index (χ2n) is 11.8. The summed E-state index contributed by atoms with van der Waals surface area (Å²) in [5, 5.41) is 17.4. The third-order valence-electron chi connectivity index (χ3n) is 7.05. The average molecular weight is 605 g/mol. The number of carbonyl (C=O) groups is 3. The number of hydrogen-bond donors (Lipinski definition) is 5. The number of piperidine rings is 1. The van der Waals surface area contributed by atoms with Crippen LogP contribution in [0.15, 0.2) is 24.3 Å². The predicted molar refractivity (Wildman–Crippen MR) is 150 cm³/mol. The zero-order chi connectivity index (χ0) is 30.7. The van der Waals surface area contributed by atoms with E-state index in [1.165, 1.54) is 13.8 Å². The minimum atomic E-state index is -4.48. The first kappa shape index (κ1) is 33.8. The van der Waals surface area contributed by atoms with Gasteiger partial charge in [-0.25, -0.2) is 4.79 Å². The molecule has 1 aromatic rings. The van der Waals surface area contributed by atoms with Gasteiger partial charge >= 0.3 is 12.0 Å². The van der Waals surface area contributed by atoms with Crippen molar-refractivity contribution in [1.82, 2.24) is 15.5 Å². The smallest absolute Gasteiger partial charge is 0.324 e. The molecule has 0 saturated carbocycles. The van der Waals surface area contributed by atoms with Crippen LogP contribution in [0.4, 0.5) is 4.79 Å². The van der Waals surface area contributed by atoms with E-state index in [1.54, 1.807) is 43.0 Å². The number of nitrogens with zero attached hydrogens (tertiary/aromatic N) is 1. The van der Waals surface area contributed by atoms with E-state index in [4.69, 9.17) is 26.6 Å². The van der Waals surface area contributed by atoms with Crippen LogP contribution >= 0.6 is 11.6 Å². The lowest BCUT2D eigenvalue weighted by Gasteiger charge is -2.51. The Kier molecular flexibility index (Phi) is 10.6. The van der Waals surface area contributed by atoms with E-state index in [1.807, 2.05) is 13.8 Å². The van der Waals surface area contributed by atoms with Crippen molar-refractivity contribution in [2.24, 2.45) is 17.1 Å². The molecule has 12 nitrogen and oxygen atoms in total. The maximum Gasteiger partial charge on any atom is 0.324 e. The van der Waals surface area contributed by atoms with Crippen molar-refractivity contribution in [3.05, 3.63) is 34.9 Å². The number of hydrogen-bond acceptors (Lipinski definition) is 8. The first-order chi connectivity index (χ1) is 18.2. The Morgan fingerprint density at radius 2 is 1.77 bits per heavy atom. The summed E-state index contributed by atoms with van der Waals surface area (Å²) in [6.45, 7) is 10.7. The van der Waals surface area contributed by atoms with E-state index < -0.39 is 56.6 Å². The quantitative estimate of drug-likeness (QED) is 0.195. The molecule has 226 valence electrons. The maximum absolute atomic E-state index is 13.5. The number of carbonyl (C=O) groups excluding carboxylic acids is 3. The number of esters is 1. The number of benzene rings is 1. The Morgan fingerprint density at radius 3 is 2.27 bits per heavy atom. The minimum absolute atomic E-state index is 0.174. The maximum atomic E-state index is 13.5. The minimum Gasteiger partial charge on any atom is -0.457 e. The molecule has 0 aliphatic carbocycles. The van der Waals surface area contributed by atoms with Crippen LogP contribution in [-0.2, 0) is 30.0 Å². The van der Waals surface area contributed by atoms with Crippen LogP contribution < -0.4 is 16.4 Å². The summed E-state index contributed by atoms with van der Waals surface area (Å²) in [6.07, 6.45) is 0.295. The zero-order valence-corrected chi connectivity index (χ0v) is 25.3. The van der Waals surface area contributed by atoms with E-state index in [0.29, 0.717) is 17.0 Å². The summed E-state index contributed by atoms with van der Waals surface area (Å²) in [5.41, 5.74) is 3.03. The lowest BCUT2D eigenvalue weighted by molar-refractivity contribution is -0.157. The van der Waals surface area contributed by atoms with Crippen LogP contribution in [0, 0.1) is 11.3 Å². The molecule has 0 bridgehead atoms. The van der Waals surface area contributed by atoms with Gasteiger partial charge in [-0.15, -0.1) is 0 Å². The number of aliphatic hydroxyl groups is 1. The highest BCUT2D eigenvalue weighted by molar-refractivity contribution is 7.85. The fraction of sp³-hybridized carbons (Fsp3) is 0.654. The summed E-state index contributed by atoms with van der Waals surface area (Å²) in [5.74, 6) is -2.62. The van der Waals surface area contributed by atoms with Gasteiger partial charge in [0.05, 0.1) is 12.1 Å². The molecule has 0 radical (unpaired) electrons. The van der Waals surface area contributed by atoms with Crippen LogP contribution in [0.25, 0.3) is 0 Å². The van der Waals surface area contributed by atoms with Crippen molar-refractivity contribution in [1.29, 1.82) is 0 Å². The summed E-state index contributed by atoms with van der Waals surface area (Å²) in [7, 11) is -4.48. The van der Waals surface area contributed by atoms with Gasteiger partial charge in [0.25, 0.3) is 10.1 Å². The second kappa shape index (κ2) is 12.6. The summed E-state index contributed by atoms with van der Waals surface area (Å²) in [6, 6.07) is 3.86. The van der Waals surface area contributed by atoms with Gasteiger partial charge in [0.1, 0.15) is 23.4 Å². The van der Waals surface area contributed by atoms with E-state index in [0.717, 1.165) is 0 Å². The highest BCUT2D eigenvalue weighted by atomic mass is 35.5. The van der Waals surface area contributed by atoms with Gasteiger partial charge in [0, 0.05) is 23.5 Å². The summed E-state index contributed by atoms with van der Waals surface area (Å²) >= 11 is 6.01. The molecular formula is C26H41ClN4O8S. The number of likely N-dealkylation sites (tertiary alicyclic amines) is 1. The fourth-order valence-corrected chi connectivity index (χ4v) is 5.36. The molecular weight excluding hydrogens is 564 g/mol. The van der Waals surface area contributed by atoms with Crippen LogP contribution in [0.2, 0.25) is 5.02 Å². The number of rotatable bonds is 10. The van der Waals surface area contributed by atoms with Crippen molar-refractivity contribution < 1.29 is 37.2 Å². The van der Waals surface area contributed by atoms with Gasteiger partial charge in [-0.1, -0.05) is 51.4 Å². The molecule has 1 aliphatic heterocycles. The third-order valence-corrected chi connectivity index (χ3v) is 8.08. The van der Waals surface area contributed by atoms with E-state index in [-0.39, 0.29) is 31.5 Å². The molecule has 3 amide bonds. The van der Waals surface area contributed by atoms with Crippen LogP contribution in [0.1, 0.15) is 53.5 Å². The lowest BCUT2D eigenvalue weighted by atomic mass is 9.66. The number of urea groups is 1. The van der Waals surface area contributed by atoms with Crippen molar-refractivity contribution in [2.75, 3.05) is 25.4 Å². The topological polar surface area (TPSA) is 188 Å². The van der Waals surface area contributed by atoms with Crippen LogP contribution in [-0.4, -0.2) is 84.0 Å². The molecule has 1 aromatic carbocycles. The van der Waals surface area contributed by atoms with E-state index in [9.17, 15) is 27.9 Å². The molecule has 1 heterocycles. The van der Waals surface area contributed by atoms with Crippen molar-refractivity contribution in [3.8, 4) is 0 Å². The van der Waals surface area contributed by atoms with Gasteiger partial charge < -0.3 is 31.1 Å². The van der Waals surface area contributed by atoms with Crippen molar-refractivity contribution in [3.63, 3.8) is 0 Å². The number of nitrogens with two attached hydrogens (primary N) is 1. The first-order valence-electron chi connectivity index (χ1n) is 12.9. The van der Waals surface area contributed by atoms with Gasteiger partial charge in [0.2, 0.25) is 5.91 Å². The largest absolute Gasteiger partial charge is 0.457 e. The molecule has 1 unspecified atom stereocenters. The molecule has 0 spiro atoms. The highest BCUT2D eigenvalue weighted by Gasteiger charge is 2.50. The molecule has 6 N–H and O–H groups in total. The third kappa shape index (κ3) is 8.77. The number of nitrogens with one attached hydrogen (secondary N) is 2.